The van der Waals surface area contributed by atoms with Gasteiger partial charge in [0.25, 0.3) is 10.0 Å². The summed E-state index contributed by atoms with van der Waals surface area (Å²) < 4.78 is 68.8. The predicted molar refractivity (Wildman–Crippen MR) is 84.7 cm³/mol. The van der Waals surface area contributed by atoms with Crippen LogP contribution < -0.4 is 4.72 Å². The highest BCUT2D eigenvalue weighted by molar-refractivity contribution is 7.93. The number of carbonyl (C=O) groups is 1. The van der Waals surface area contributed by atoms with Gasteiger partial charge in [0.15, 0.2) is 5.13 Å². The Morgan fingerprint density at radius 1 is 1.28 bits per heavy atom. The Kier molecular flexibility index (Phi) is 5.68. The van der Waals surface area contributed by atoms with Crippen LogP contribution in [-0.2, 0) is 32.2 Å². The Morgan fingerprint density at radius 2 is 1.92 bits per heavy atom. The van der Waals surface area contributed by atoms with Gasteiger partial charge >= 0.3 is 12.1 Å². The molecule has 0 saturated heterocycles. The first kappa shape index (κ1) is 19.2. The lowest BCUT2D eigenvalue weighted by atomic mass is 10.2. The van der Waals surface area contributed by atoms with E-state index in [0.29, 0.717) is 17.0 Å². The summed E-state index contributed by atoms with van der Waals surface area (Å²) >= 11 is 0.934. The van der Waals surface area contributed by atoms with Gasteiger partial charge in [-0.15, -0.1) is 11.3 Å². The normalized spacial score (nSPS) is 12.0. The lowest BCUT2D eigenvalue weighted by Gasteiger charge is -2.08. The smallest absolute Gasteiger partial charge is 0.416 e. The van der Waals surface area contributed by atoms with Crippen LogP contribution in [0.1, 0.15) is 17.4 Å². The van der Waals surface area contributed by atoms with E-state index in [4.69, 9.17) is 4.74 Å². The molecule has 1 heterocycles. The number of hydrogen-bond donors (Lipinski definition) is 1. The lowest BCUT2D eigenvalue weighted by molar-refractivity contribution is -0.142. The monoisotopic (exact) mass is 394 g/mol. The summed E-state index contributed by atoms with van der Waals surface area (Å²) in [6.07, 6.45) is -3.27. The van der Waals surface area contributed by atoms with Crippen molar-refractivity contribution < 1.29 is 31.1 Å². The van der Waals surface area contributed by atoms with Crippen molar-refractivity contribution in [2.75, 3.05) is 11.3 Å². The Bertz CT molecular complexity index is 846. The molecule has 0 aliphatic carbocycles. The van der Waals surface area contributed by atoms with Crippen molar-refractivity contribution in [1.82, 2.24) is 4.98 Å². The summed E-state index contributed by atoms with van der Waals surface area (Å²) in [7, 11) is -4.09. The van der Waals surface area contributed by atoms with E-state index >= 15 is 0 Å². The van der Waals surface area contributed by atoms with Crippen LogP contribution in [0.2, 0.25) is 0 Å². The van der Waals surface area contributed by atoms with Crippen LogP contribution >= 0.6 is 11.3 Å². The zero-order valence-corrected chi connectivity index (χ0v) is 14.5. The summed E-state index contributed by atoms with van der Waals surface area (Å²) in [5.41, 5.74) is -0.947. The molecular formula is C14H13F3N2O4S2. The van der Waals surface area contributed by atoms with E-state index in [9.17, 15) is 26.4 Å². The molecule has 1 aromatic heterocycles. The lowest BCUT2D eigenvalue weighted by Crippen LogP contribution is -2.13. The number of nitrogens with zero attached hydrogens (tertiary/aromatic N) is 1. The summed E-state index contributed by atoms with van der Waals surface area (Å²) in [5, 5.41) is -0.000744. The molecule has 0 unspecified atom stereocenters. The Morgan fingerprint density at radius 3 is 2.48 bits per heavy atom. The molecule has 0 bridgehead atoms. The number of hydrogen-bond acceptors (Lipinski definition) is 6. The molecule has 0 fully saturated rings. The van der Waals surface area contributed by atoms with Crippen LogP contribution in [0.15, 0.2) is 35.4 Å². The number of thiazole rings is 1. The van der Waals surface area contributed by atoms with Crippen molar-refractivity contribution in [3.63, 3.8) is 0 Å². The maximum Gasteiger partial charge on any atom is 0.416 e. The third-order valence-electron chi connectivity index (χ3n) is 2.89. The highest BCUT2D eigenvalue weighted by Gasteiger charge is 2.30. The molecule has 0 radical (unpaired) electrons. The van der Waals surface area contributed by atoms with Gasteiger partial charge in [-0.25, -0.2) is 13.4 Å². The van der Waals surface area contributed by atoms with Gasteiger partial charge in [-0.05, 0) is 31.2 Å². The van der Waals surface area contributed by atoms with Gasteiger partial charge in [0.1, 0.15) is 0 Å². The van der Waals surface area contributed by atoms with Crippen LogP contribution in [0.4, 0.5) is 18.3 Å². The third-order valence-corrected chi connectivity index (χ3v) is 5.29. The van der Waals surface area contributed by atoms with Crippen LogP contribution in [0, 0.1) is 0 Å². The minimum atomic E-state index is -4.55. The van der Waals surface area contributed by atoms with Crippen LogP contribution in [-0.4, -0.2) is 26.0 Å². The molecule has 1 N–H and O–H groups in total. The van der Waals surface area contributed by atoms with Gasteiger partial charge < -0.3 is 4.74 Å². The van der Waals surface area contributed by atoms with E-state index in [1.807, 2.05) is 0 Å². The van der Waals surface area contributed by atoms with Gasteiger partial charge in [0.05, 0.1) is 23.5 Å². The molecule has 0 amide bonds. The Labute approximate surface area is 145 Å². The van der Waals surface area contributed by atoms with E-state index in [2.05, 4.69) is 9.71 Å². The maximum atomic E-state index is 12.5. The molecule has 25 heavy (non-hydrogen) atoms. The Hall–Kier alpha value is -2.14. The van der Waals surface area contributed by atoms with E-state index in [-0.39, 0.29) is 23.1 Å². The number of alkyl halides is 3. The van der Waals surface area contributed by atoms with Crippen molar-refractivity contribution in [1.29, 1.82) is 0 Å². The number of esters is 1. The largest absolute Gasteiger partial charge is 0.466 e. The highest BCUT2D eigenvalue weighted by Crippen LogP contribution is 2.30. The molecule has 2 rings (SSSR count). The van der Waals surface area contributed by atoms with Crippen LogP contribution in [0.25, 0.3) is 0 Å². The summed E-state index contributed by atoms with van der Waals surface area (Å²) in [5.74, 6) is -0.469. The summed E-state index contributed by atoms with van der Waals surface area (Å²) in [6, 6.07) is 3.09. The number of aromatic nitrogens is 1. The second-order valence-electron chi connectivity index (χ2n) is 4.74. The molecule has 0 spiro atoms. The van der Waals surface area contributed by atoms with E-state index < -0.39 is 27.7 Å². The van der Waals surface area contributed by atoms with Gasteiger partial charge in [-0.2, -0.15) is 13.2 Å². The molecule has 136 valence electrons. The molecule has 11 heteroatoms. The van der Waals surface area contributed by atoms with E-state index in [0.717, 1.165) is 23.5 Å². The predicted octanol–water partition coefficient (Wildman–Crippen LogP) is 3.07. The number of anilines is 1. The zero-order chi connectivity index (χ0) is 18.7. The first-order valence-electron chi connectivity index (χ1n) is 6.92. The third kappa shape index (κ3) is 5.16. The molecule has 1 aromatic carbocycles. The second kappa shape index (κ2) is 7.40. The number of halogens is 3. The van der Waals surface area contributed by atoms with Crippen LogP contribution in [0.3, 0.4) is 0 Å². The molecule has 0 aliphatic heterocycles. The zero-order valence-electron chi connectivity index (χ0n) is 12.8. The minimum absolute atomic E-state index is 0.000744. The molecule has 0 saturated carbocycles. The highest BCUT2D eigenvalue weighted by atomic mass is 32.2. The second-order valence-corrected chi connectivity index (χ2v) is 7.54. The fraction of sp³-hybridized carbons (Fsp3) is 0.286. The van der Waals surface area contributed by atoms with Gasteiger partial charge in [0.2, 0.25) is 0 Å². The number of ether oxygens (including phenoxy) is 1. The first-order chi connectivity index (χ1) is 11.6. The standard InChI is InChI=1S/C14H13F3N2O4S2/c1-2-23-12(20)7-10-8-18-13(24-10)19-25(21,22)11-5-3-9(4-6-11)14(15,16)17/h3-6,8H,2,7H2,1H3,(H,18,19). The quantitative estimate of drug-likeness (QED) is 0.761. The molecule has 6 nitrogen and oxygen atoms in total. The van der Waals surface area contributed by atoms with Gasteiger partial charge in [0, 0.05) is 11.1 Å². The topological polar surface area (TPSA) is 85.4 Å². The van der Waals surface area contributed by atoms with Crippen LogP contribution in [0.5, 0.6) is 0 Å². The minimum Gasteiger partial charge on any atom is -0.466 e. The number of rotatable bonds is 6. The van der Waals surface area contributed by atoms with Crippen molar-refractivity contribution in [2.45, 2.75) is 24.4 Å². The fourth-order valence-electron chi connectivity index (χ4n) is 1.79. The molecule has 0 atom stereocenters. The summed E-state index contributed by atoms with van der Waals surface area (Å²) in [6.45, 7) is 1.89. The molecule has 0 aliphatic rings. The Balaban J connectivity index is 2.11. The van der Waals surface area contributed by atoms with Crippen molar-refractivity contribution in [2.24, 2.45) is 0 Å². The van der Waals surface area contributed by atoms with E-state index in [1.54, 1.807) is 6.92 Å². The van der Waals surface area contributed by atoms with Crippen molar-refractivity contribution >= 4 is 32.5 Å². The first-order valence-corrected chi connectivity index (χ1v) is 9.22. The SMILES string of the molecule is CCOC(=O)Cc1cnc(NS(=O)(=O)c2ccc(C(F)(F)F)cc2)s1. The van der Waals surface area contributed by atoms with Gasteiger partial charge in [-0.1, -0.05) is 0 Å². The van der Waals surface area contributed by atoms with Crippen molar-refractivity contribution in [3.05, 3.63) is 40.9 Å². The maximum absolute atomic E-state index is 12.5. The average molecular weight is 394 g/mol. The molecule has 2 aromatic rings. The van der Waals surface area contributed by atoms with Crippen molar-refractivity contribution in [3.8, 4) is 0 Å². The summed E-state index contributed by atoms with van der Waals surface area (Å²) in [4.78, 5) is 15.4. The molecular weight excluding hydrogens is 381 g/mol. The number of nitrogens with one attached hydrogen (secondary N) is 1. The number of benzene rings is 1. The van der Waals surface area contributed by atoms with Gasteiger partial charge in [-0.3, -0.25) is 9.52 Å². The number of carbonyl (C=O) groups excluding carboxylic acids is 1. The fourth-order valence-corrected chi connectivity index (χ4v) is 3.83. The van der Waals surface area contributed by atoms with E-state index in [1.165, 1.54) is 6.20 Å². The average Bonchev–Trinajstić information content (AvgIpc) is 2.93. The number of sulfonamides is 1.